The molecule has 6 heteroatoms. The maximum Gasteiger partial charge on any atom is 0.255 e. The number of thioether (sulfide) groups is 1. The molecule has 0 fully saturated rings. The summed E-state index contributed by atoms with van der Waals surface area (Å²) in [6.07, 6.45) is 2.05. The van der Waals surface area contributed by atoms with E-state index in [-0.39, 0.29) is 5.91 Å². The van der Waals surface area contributed by atoms with Crippen molar-refractivity contribution in [2.45, 2.75) is 11.7 Å². The Hall–Kier alpha value is -2.73. The van der Waals surface area contributed by atoms with E-state index in [0.717, 1.165) is 40.1 Å². The van der Waals surface area contributed by atoms with Gasteiger partial charge in [-0.05, 0) is 30.3 Å². The highest BCUT2D eigenvalue weighted by Crippen LogP contribution is 2.32. The summed E-state index contributed by atoms with van der Waals surface area (Å²) in [6, 6.07) is 14.8. The monoisotopic (exact) mass is 351 g/mol. The molecule has 0 aliphatic carbocycles. The van der Waals surface area contributed by atoms with Crippen molar-refractivity contribution in [3.63, 3.8) is 0 Å². The first-order valence-electron chi connectivity index (χ1n) is 7.99. The molecule has 0 spiro atoms. The normalized spacial score (nSPS) is 12.7. The van der Waals surface area contributed by atoms with Gasteiger partial charge in [-0.15, -0.1) is 0 Å². The standard InChI is InChI=1S/C19H17N3O2S/c1-24-14-8-6-13(7-9-14)18(23)20-16-5-3-2-4-15(16)17-12-22-10-11-25-19(22)21-17/h2-9,12H,10-11H2,1H3,(H,20,23). The predicted molar refractivity (Wildman–Crippen MR) is 99.3 cm³/mol. The highest BCUT2D eigenvalue weighted by atomic mass is 32.2. The van der Waals surface area contributed by atoms with Gasteiger partial charge in [0.25, 0.3) is 5.91 Å². The van der Waals surface area contributed by atoms with Crippen LogP contribution in [0.15, 0.2) is 59.9 Å². The minimum Gasteiger partial charge on any atom is -0.497 e. The van der Waals surface area contributed by atoms with Crippen LogP contribution in [-0.4, -0.2) is 28.3 Å². The first kappa shape index (κ1) is 15.8. The van der Waals surface area contributed by atoms with Crippen LogP contribution in [-0.2, 0) is 6.54 Å². The maximum atomic E-state index is 12.6. The quantitative estimate of drug-likeness (QED) is 0.774. The topological polar surface area (TPSA) is 56.1 Å². The van der Waals surface area contributed by atoms with Gasteiger partial charge in [0.1, 0.15) is 5.75 Å². The molecule has 0 saturated heterocycles. The average molecular weight is 351 g/mol. The number of carbonyl (C=O) groups excluding carboxylic acids is 1. The molecule has 0 radical (unpaired) electrons. The fourth-order valence-electron chi connectivity index (χ4n) is 2.79. The van der Waals surface area contributed by atoms with E-state index in [1.165, 1.54) is 0 Å². The number of imidazole rings is 1. The van der Waals surface area contributed by atoms with Crippen molar-refractivity contribution in [1.82, 2.24) is 9.55 Å². The lowest BCUT2D eigenvalue weighted by molar-refractivity contribution is 0.102. The number of rotatable bonds is 4. The van der Waals surface area contributed by atoms with Crippen molar-refractivity contribution in [3.05, 3.63) is 60.3 Å². The van der Waals surface area contributed by atoms with Crippen molar-refractivity contribution >= 4 is 23.4 Å². The van der Waals surface area contributed by atoms with E-state index in [9.17, 15) is 4.79 Å². The Labute approximate surface area is 150 Å². The molecule has 4 rings (SSSR count). The average Bonchev–Trinajstić information content (AvgIpc) is 3.24. The highest BCUT2D eigenvalue weighted by molar-refractivity contribution is 7.99. The molecule has 1 aliphatic heterocycles. The summed E-state index contributed by atoms with van der Waals surface area (Å²) in [7, 11) is 1.60. The number of nitrogens with one attached hydrogen (secondary N) is 1. The Kier molecular flexibility index (Phi) is 4.19. The van der Waals surface area contributed by atoms with Crippen LogP contribution < -0.4 is 10.1 Å². The second kappa shape index (κ2) is 6.64. The third kappa shape index (κ3) is 3.13. The number of benzene rings is 2. The Morgan fingerprint density at radius 3 is 2.76 bits per heavy atom. The largest absolute Gasteiger partial charge is 0.497 e. The van der Waals surface area contributed by atoms with Gasteiger partial charge in [0, 0.05) is 29.6 Å². The summed E-state index contributed by atoms with van der Waals surface area (Å²) in [5.41, 5.74) is 3.14. The molecule has 2 heterocycles. The first-order chi connectivity index (χ1) is 12.2. The number of fused-ring (bicyclic) bond motifs is 1. The van der Waals surface area contributed by atoms with Gasteiger partial charge in [0.2, 0.25) is 0 Å². The maximum absolute atomic E-state index is 12.6. The zero-order chi connectivity index (χ0) is 17.2. The number of ether oxygens (including phenoxy) is 1. The molecule has 0 saturated carbocycles. The lowest BCUT2D eigenvalue weighted by atomic mass is 10.1. The summed E-state index contributed by atoms with van der Waals surface area (Å²) in [5.74, 6) is 1.64. The van der Waals surface area contributed by atoms with Crippen molar-refractivity contribution in [1.29, 1.82) is 0 Å². The number of amides is 1. The second-order valence-electron chi connectivity index (χ2n) is 5.68. The van der Waals surface area contributed by atoms with E-state index in [0.29, 0.717) is 5.56 Å². The molecule has 2 aromatic carbocycles. The van der Waals surface area contributed by atoms with E-state index in [1.807, 2.05) is 30.5 Å². The molecule has 25 heavy (non-hydrogen) atoms. The van der Waals surface area contributed by atoms with Gasteiger partial charge in [0.15, 0.2) is 5.16 Å². The Bertz CT molecular complexity index is 897. The summed E-state index contributed by atoms with van der Waals surface area (Å²) in [6.45, 7) is 0.980. The van der Waals surface area contributed by atoms with Crippen molar-refractivity contribution in [2.75, 3.05) is 18.2 Å². The van der Waals surface area contributed by atoms with E-state index in [2.05, 4.69) is 14.9 Å². The molecule has 5 nitrogen and oxygen atoms in total. The van der Waals surface area contributed by atoms with Gasteiger partial charge in [-0.1, -0.05) is 30.0 Å². The van der Waals surface area contributed by atoms with Crippen LogP contribution in [0.1, 0.15) is 10.4 Å². The third-order valence-corrected chi connectivity index (χ3v) is 5.08. The number of nitrogens with zero attached hydrogens (tertiary/aromatic N) is 2. The number of anilines is 1. The third-order valence-electron chi connectivity index (χ3n) is 4.11. The summed E-state index contributed by atoms with van der Waals surface area (Å²) in [4.78, 5) is 17.2. The molecule has 0 unspecified atom stereocenters. The van der Waals surface area contributed by atoms with E-state index in [4.69, 9.17) is 4.74 Å². The molecule has 1 aliphatic rings. The van der Waals surface area contributed by atoms with Gasteiger partial charge < -0.3 is 14.6 Å². The predicted octanol–water partition coefficient (Wildman–Crippen LogP) is 3.92. The molecular weight excluding hydrogens is 334 g/mol. The Morgan fingerprint density at radius 1 is 1.20 bits per heavy atom. The van der Waals surface area contributed by atoms with Gasteiger partial charge >= 0.3 is 0 Å². The summed E-state index contributed by atoms with van der Waals surface area (Å²) >= 11 is 1.76. The van der Waals surface area contributed by atoms with Gasteiger partial charge in [-0.2, -0.15) is 0 Å². The van der Waals surface area contributed by atoms with Crippen LogP contribution in [0, 0.1) is 0 Å². The molecule has 126 valence electrons. The Balaban J connectivity index is 1.61. The van der Waals surface area contributed by atoms with E-state index in [1.54, 1.807) is 43.1 Å². The molecule has 0 atom stereocenters. The van der Waals surface area contributed by atoms with E-state index < -0.39 is 0 Å². The van der Waals surface area contributed by atoms with Crippen molar-refractivity contribution in [3.8, 4) is 17.0 Å². The van der Waals surface area contributed by atoms with Crippen LogP contribution in [0.5, 0.6) is 5.75 Å². The zero-order valence-electron chi connectivity index (χ0n) is 13.7. The van der Waals surface area contributed by atoms with Crippen molar-refractivity contribution in [2.24, 2.45) is 0 Å². The summed E-state index contributed by atoms with van der Waals surface area (Å²) < 4.78 is 7.28. The molecule has 1 aromatic heterocycles. The molecule has 1 N–H and O–H groups in total. The fourth-order valence-corrected chi connectivity index (χ4v) is 3.74. The van der Waals surface area contributed by atoms with Gasteiger partial charge in [-0.3, -0.25) is 4.79 Å². The van der Waals surface area contributed by atoms with Gasteiger partial charge in [0.05, 0.1) is 18.5 Å². The smallest absolute Gasteiger partial charge is 0.255 e. The first-order valence-corrected chi connectivity index (χ1v) is 8.98. The van der Waals surface area contributed by atoms with Crippen LogP contribution in [0.2, 0.25) is 0 Å². The fraction of sp³-hybridized carbons (Fsp3) is 0.158. The molecule has 1 amide bonds. The number of hydrogen-bond donors (Lipinski definition) is 1. The number of para-hydroxylation sites is 1. The van der Waals surface area contributed by atoms with Crippen LogP contribution in [0.3, 0.4) is 0 Å². The lowest BCUT2D eigenvalue weighted by Crippen LogP contribution is -2.12. The number of aryl methyl sites for hydroxylation is 1. The molecule has 3 aromatic rings. The second-order valence-corrected chi connectivity index (χ2v) is 6.74. The minimum atomic E-state index is -0.156. The SMILES string of the molecule is COc1ccc(C(=O)Nc2ccccc2-c2cn3c(n2)SCC3)cc1. The minimum absolute atomic E-state index is 0.156. The molecule has 0 bridgehead atoms. The molecular formula is C19H17N3O2S. The van der Waals surface area contributed by atoms with Crippen LogP contribution in [0.25, 0.3) is 11.3 Å². The number of carbonyl (C=O) groups is 1. The highest BCUT2D eigenvalue weighted by Gasteiger charge is 2.17. The van der Waals surface area contributed by atoms with E-state index >= 15 is 0 Å². The van der Waals surface area contributed by atoms with Gasteiger partial charge in [-0.25, -0.2) is 4.98 Å². The number of aromatic nitrogens is 2. The summed E-state index contributed by atoms with van der Waals surface area (Å²) in [5, 5.41) is 4.03. The van der Waals surface area contributed by atoms with Crippen LogP contribution in [0.4, 0.5) is 5.69 Å². The Morgan fingerprint density at radius 2 is 2.00 bits per heavy atom. The van der Waals surface area contributed by atoms with Crippen molar-refractivity contribution < 1.29 is 9.53 Å². The zero-order valence-corrected chi connectivity index (χ0v) is 14.5. The lowest BCUT2D eigenvalue weighted by Gasteiger charge is -2.10. The number of methoxy groups -OCH3 is 1. The van der Waals surface area contributed by atoms with Crippen LogP contribution >= 0.6 is 11.8 Å². The number of hydrogen-bond acceptors (Lipinski definition) is 4.